The molecule has 0 bridgehead atoms. The molecule has 3 aromatic heterocycles. The summed E-state index contributed by atoms with van der Waals surface area (Å²) >= 11 is 0. The Morgan fingerprint density at radius 2 is 1.73 bits per heavy atom. The Hall–Kier alpha value is -5.81. The van der Waals surface area contributed by atoms with Crippen LogP contribution in [-0.2, 0) is 19.4 Å². The third kappa shape index (κ3) is 7.94. The van der Waals surface area contributed by atoms with Gasteiger partial charge in [-0.15, -0.1) is 0 Å². The van der Waals surface area contributed by atoms with E-state index in [0.717, 1.165) is 52.5 Å². The second-order valence-corrected chi connectivity index (χ2v) is 11.4. The number of amides is 2. The largest absolute Gasteiger partial charge is 0.488 e. The van der Waals surface area contributed by atoms with Crippen LogP contribution in [0, 0.1) is 6.92 Å². The van der Waals surface area contributed by atoms with Gasteiger partial charge in [-0.05, 0) is 61.7 Å². The summed E-state index contributed by atoms with van der Waals surface area (Å²) in [5, 5.41) is 24.9. The molecule has 48 heavy (non-hydrogen) atoms. The number of aliphatic hydroxyl groups excluding tert-OH is 1. The monoisotopic (exact) mass is 642 g/mol. The minimum Gasteiger partial charge on any atom is -0.488 e. The smallest absolute Gasteiger partial charge is 0.324 e. The molecule has 11 nitrogen and oxygen atoms in total. The number of fused-ring (bicyclic) bond motifs is 1. The van der Waals surface area contributed by atoms with Gasteiger partial charge < -0.3 is 20.5 Å². The van der Waals surface area contributed by atoms with Gasteiger partial charge in [-0.3, -0.25) is 10.3 Å². The lowest BCUT2D eigenvalue weighted by Crippen LogP contribution is -2.21. The molecule has 0 fully saturated rings. The first kappa shape index (κ1) is 32.1. The predicted molar refractivity (Wildman–Crippen MR) is 188 cm³/mol. The van der Waals surface area contributed by atoms with Crippen LogP contribution < -0.4 is 20.7 Å². The van der Waals surface area contributed by atoms with Crippen LogP contribution in [0.3, 0.4) is 0 Å². The van der Waals surface area contributed by atoms with Gasteiger partial charge in [0.25, 0.3) is 0 Å². The van der Waals surface area contributed by atoms with Gasteiger partial charge in [0, 0.05) is 42.3 Å². The number of benzene rings is 3. The molecule has 6 rings (SSSR count). The number of pyridine rings is 1. The van der Waals surface area contributed by atoms with Crippen LogP contribution in [0.5, 0.6) is 5.75 Å². The number of urea groups is 1. The van der Waals surface area contributed by atoms with Crippen LogP contribution in [0.4, 0.5) is 27.9 Å². The summed E-state index contributed by atoms with van der Waals surface area (Å²) in [7, 11) is 0. The third-order valence-electron chi connectivity index (χ3n) is 7.73. The van der Waals surface area contributed by atoms with Crippen LogP contribution in [0.25, 0.3) is 16.5 Å². The summed E-state index contributed by atoms with van der Waals surface area (Å²) in [6.45, 7) is 4.49. The molecule has 244 valence electrons. The van der Waals surface area contributed by atoms with E-state index in [0.29, 0.717) is 47.6 Å². The molecule has 3 aromatic carbocycles. The summed E-state index contributed by atoms with van der Waals surface area (Å²) in [4.78, 5) is 26.4. The van der Waals surface area contributed by atoms with Crippen molar-refractivity contribution < 1.29 is 14.6 Å². The average Bonchev–Trinajstić information content (AvgIpc) is 3.49. The minimum atomic E-state index is -0.368. The van der Waals surface area contributed by atoms with Crippen molar-refractivity contribution in [1.29, 1.82) is 0 Å². The van der Waals surface area contributed by atoms with Crippen LogP contribution in [-0.4, -0.2) is 42.5 Å². The lowest BCUT2D eigenvalue weighted by molar-refractivity contribution is 0.262. The van der Waals surface area contributed by atoms with Crippen molar-refractivity contribution in [3.8, 4) is 11.4 Å². The Morgan fingerprint density at radius 3 is 2.54 bits per heavy atom. The number of carbonyl (C=O) groups is 1. The topological polar surface area (TPSA) is 139 Å². The number of nitrogens with zero attached hydrogens (tertiary/aromatic N) is 5. The molecule has 0 aliphatic rings. The lowest BCUT2D eigenvalue weighted by atomic mass is 10.1. The van der Waals surface area contributed by atoms with E-state index >= 15 is 0 Å². The SMILES string of the molecule is CCCCc1cc(NC(=O)Nc2ccc(OCc3ccnc(Nc4cncc(CCO)n4)c3)c3ccccc23)n(-c2ccc(C)cc2)n1. The highest BCUT2D eigenvalue weighted by Gasteiger charge is 2.15. The van der Waals surface area contributed by atoms with Gasteiger partial charge in [0.1, 0.15) is 29.8 Å². The van der Waals surface area contributed by atoms with E-state index in [1.807, 2.05) is 85.8 Å². The molecule has 2 amide bonds. The first-order valence-electron chi connectivity index (χ1n) is 16.0. The number of carbonyl (C=O) groups excluding carboxylic acids is 1. The number of aryl methyl sites for hydroxylation is 2. The quantitative estimate of drug-likeness (QED) is 0.102. The second-order valence-electron chi connectivity index (χ2n) is 11.4. The number of nitrogens with one attached hydrogen (secondary N) is 3. The van der Waals surface area contributed by atoms with E-state index in [1.165, 1.54) is 0 Å². The summed E-state index contributed by atoms with van der Waals surface area (Å²) in [6.07, 6.45) is 8.28. The minimum absolute atomic E-state index is 0.00304. The van der Waals surface area contributed by atoms with Crippen molar-refractivity contribution >= 4 is 39.9 Å². The molecular weight excluding hydrogens is 604 g/mol. The average molecular weight is 643 g/mol. The fourth-order valence-corrected chi connectivity index (χ4v) is 5.28. The fourth-order valence-electron chi connectivity index (χ4n) is 5.28. The highest BCUT2D eigenvalue weighted by Crippen LogP contribution is 2.32. The first-order chi connectivity index (χ1) is 23.5. The van der Waals surface area contributed by atoms with Crippen molar-refractivity contribution in [1.82, 2.24) is 24.7 Å². The molecule has 0 radical (unpaired) electrons. The fraction of sp³-hybridized carbons (Fsp3) is 0.216. The summed E-state index contributed by atoms with van der Waals surface area (Å²) < 4.78 is 8.05. The molecule has 6 aromatic rings. The van der Waals surface area contributed by atoms with Crippen molar-refractivity contribution in [2.45, 2.75) is 46.1 Å². The van der Waals surface area contributed by atoms with Crippen LogP contribution in [0.15, 0.2) is 97.5 Å². The third-order valence-corrected chi connectivity index (χ3v) is 7.73. The molecule has 0 saturated carbocycles. The first-order valence-corrected chi connectivity index (χ1v) is 16.0. The van der Waals surface area contributed by atoms with Crippen molar-refractivity contribution in [3.63, 3.8) is 0 Å². The van der Waals surface area contributed by atoms with Crippen LogP contribution >= 0.6 is 0 Å². The van der Waals surface area contributed by atoms with Gasteiger partial charge >= 0.3 is 6.03 Å². The van der Waals surface area contributed by atoms with Crippen LogP contribution in [0.1, 0.15) is 42.3 Å². The van der Waals surface area contributed by atoms with Gasteiger partial charge in [-0.2, -0.15) is 5.10 Å². The number of hydrogen-bond acceptors (Lipinski definition) is 8. The Bertz CT molecular complexity index is 2010. The maximum Gasteiger partial charge on any atom is 0.324 e. The van der Waals surface area contributed by atoms with Gasteiger partial charge in [0.2, 0.25) is 0 Å². The van der Waals surface area contributed by atoms with Crippen molar-refractivity contribution in [3.05, 3.63) is 120 Å². The van der Waals surface area contributed by atoms with Gasteiger partial charge in [-0.25, -0.2) is 19.4 Å². The number of aromatic nitrogens is 5. The Morgan fingerprint density at radius 1 is 0.896 bits per heavy atom. The number of ether oxygens (including phenoxy) is 1. The molecule has 4 N–H and O–H groups in total. The number of unbranched alkanes of at least 4 members (excludes halogenated alkanes) is 1. The standard InChI is InChI=1S/C37H38N8O3/c1-3-4-7-27-21-36(45(44-27)29-12-10-25(2)11-13-29)43-37(47)41-32-14-15-33(31-9-6-5-8-30(31)32)48-24-26-16-18-39-34(20-26)42-35-23-38-22-28(40-35)17-19-46/h5-6,8-16,18,20-23,46H,3-4,7,17,19,24H2,1-2H3,(H,39,40,42)(H2,41,43,47). The zero-order valence-electron chi connectivity index (χ0n) is 27.0. The van der Waals surface area contributed by atoms with E-state index in [4.69, 9.17) is 9.84 Å². The Labute approximate surface area is 279 Å². The molecule has 0 aliphatic heterocycles. The van der Waals surface area contributed by atoms with Gasteiger partial charge in [0.15, 0.2) is 0 Å². The number of anilines is 4. The molecule has 0 aliphatic carbocycles. The highest BCUT2D eigenvalue weighted by atomic mass is 16.5. The second kappa shape index (κ2) is 15.2. The van der Waals surface area contributed by atoms with Crippen molar-refractivity contribution in [2.24, 2.45) is 0 Å². The number of hydrogen-bond donors (Lipinski definition) is 4. The summed E-state index contributed by atoms with van der Waals surface area (Å²) in [5.74, 6) is 2.43. The Balaban J connectivity index is 1.16. The van der Waals surface area contributed by atoms with Crippen molar-refractivity contribution in [2.75, 3.05) is 22.6 Å². The maximum atomic E-state index is 13.4. The summed E-state index contributed by atoms with van der Waals surface area (Å²) in [6, 6.07) is 24.9. The molecule has 0 spiro atoms. The molecular formula is C37H38N8O3. The molecule has 0 saturated heterocycles. The lowest BCUT2D eigenvalue weighted by Gasteiger charge is -2.15. The van der Waals surface area contributed by atoms with E-state index in [1.54, 1.807) is 23.3 Å². The van der Waals surface area contributed by atoms with Gasteiger partial charge in [0.05, 0.1) is 29.0 Å². The molecule has 0 atom stereocenters. The number of rotatable bonds is 13. The van der Waals surface area contributed by atoms with Gasteiger partial charge in [-0.1, -0.05) is 55.3 Å². The molecule has 3 heterocycles. The zero-order chi connectivity index (χ0) is 33.3. The zero-order valence-corrected chi connectivity index (χ0v) is 27.0. The van der Waals surface area contributed by atoms with Crippen LogP contribution in [0.2, 0.25) is 0 Å². The van der Waals surface area contributed by atoms with E-state index in [2.05, 4.69) is 37.8 Å². The Kier molecular flexibility index (Phi) is 10.2. The number of aliphatic hydroxyl groups is 1. The van der Waals surface area contributed by atoms with E-state index in [-0.39, 0.29) is 12.6 Å². The highest BCUT2D eigenvalue weighted by molar-refractivity contribution is 6.07. The summed E-state index contributed by atoms with van der Waals surface area (Å²) in [5.41, 5.74) is 5.21. The van der Waals surface area contributed by atoms with E-state index < -0.39 is 0 Å². The molecule has 0 unspecified atom stereocenters. The van der Waals surface area contributed by atoms with E-state index in [9.17, 15) is 9.90 Å². The maximum absolute atomic E-state index is 13.4. The predicted octanol–water partition coefficient (Wildman–Crippen LogP) is 7.36. The molecule has 11 heteroatoms. The normalized spacial score (nSPS) is 11.0.